The number of benzene rings is 1. The third kappa shape index (κ3) is 2.74. The minimum Gasteiger partial charge on any atom is -0.358 e. The summed E-state index contributed by atoms with van der Waals surface area (Å²) in [7, 11) is 0. The van der Waals surface area contributed by atoms with Gasteiger partial charge >= 0.3 is 0 Å². The van der Waals surface area contributed by atoms with Crippen LogP contribution in [-0.4, -0.2) is 41.9 Å². The van der Waals surface area contributed by atoms with Crippen LogP contribution in [0.25, 0.3) is 22.1 Å². The third-order valence-corrected chi connectivity index (χ3v) is 5.37. The topological polar surface area (TPSA) is 79.7 Å². The van der Waals surface area contributed by atoms with Crippen LogP contribution in [-0.2, 0) is 24.3 Å². The van der Waals surface area contributed by atoms with Gasteiger partial charge in [0, 0.05) is 41.7 Å². The second-order valence-corrected chi connectivity index (χ2v) is 7.22. The van der Waals surface area contributed by atoms with Gasteiger partial charge in [-0.05, 0) is 17.7 Å². The molecule has 0 spiro atoms. The van der Waals surface area contributed by atoms with Crippen molar-refractivity contribution in [2.45, 2.75) is 19.5 Å². The van der Waals surface area contributed by atoms with E-state index in [9.17, 15) is 4.79 Å². The first kappa shape index (κ1) is 16.5. The molecular weight excluding hydrogens is 387 g/mol. The molecule has 0 bridgehead atoms. The van der Waals surface area contributed by atoms with E-state index in [1.54, 1.807) is 10.9 Å². The Hall–Kier alpha value is -2.64. The summed E-state index contributed by atoms with van der Waals surface area (Å²) >= 11 is 11.9. The molecule has 0 unspecified atom stereocenters. The number of para-hydroxylation sites is 1. The van der Waals surface area contributed by atoms with Crippen molar-refractivity contribution in [2.24, 2.45) is 0 Å². The van der Waals surface area contributed by atoms with Gasteiger partial charge in [-0.2, -0.15) is 4.98 Å². The number of fused-ring (bicyclic) bond motifs is 4. The maximum atomic E-state index is 12.9. The van der Waals surface area contributed by atoms with E-state index in [0.29, 0.717) is 24.3 Å². The van der Waals surface area contributed by atoms with Crippen LogP contribution in [0.15, 0.2) is 30.6 Å². The molecule has 136 valence electrons. The summed E-state index contributed by atoms with van der Waals surface area (Å²) in [4.78, 5) is 30.5. The summed E-state index contributed by atoms with van der Waals surface area (Å²) < 4.78 is 1.65. The molecule has 4 heterocycles. The van der Waals surface area contributed by atoms with Crippen LogP contribution in [0.5, 0.6) is 0 Å². The van der Waals surface area contributed by atoms with E-state index in [2.05, 4.69) is 32.1 Å². The van der Waals surface area contributed by atoms with Crippen LogP contribution in [0.1, 0.15) is 11.3 Å². The Morgan fingerprint density at radius 2 is 2.07 bits per heavy atom. The molecule has 27 heavy (non-hydrogen) atoms. The van der Waals surface area contributed by atoms with Gasteiger partial charge in [0.1, 0.15) is 12.1 Å². The predicted molar refractivity (Wildman–Crippen MR) is 103 cm³/mol. The van der Waals surface area contributed by atoms with E-state index < -0.39 is 0 Å². The van der Waals surface area contributed by atoms with Crippen molar-refractivity contribution in [3.8, 4) is 0 Å². The summed E-state index contributed by atoms with van der Waals surface area (Å²) in [5.41, 5.74) is 4.40. The van der Waals surface area contributed by atoms with Crippen molar-refractivity contribution in [2.75, 3.05) is 6.54 Å². The zero-order valence-electron chi connectivity index (χ0n) is 14.1. The lowest BCUT2D eigenvalue weighted by Gasteiger charge is -2.27. The highest BCUT2D eigenvalue weighted by Crippen LogP contribution is 2.28. The smallest absolute Gasteiger partial charge is 0.242 e. The number of imidazole rings is 1. The molecule has 3 aromatic heterocycles. The van der Waals surface area contributed by atoms with Gasteiger partial charge in [-0.3, -0.25) is 4.79 Å². The highest BCUT2D eigenvalue weighted by atomic mass is 35.5. The molecule has 0 saturated carbocycles. The van der Waals surface area contributed by atoms with Crippen LogP contribution >= 0.6 is 23.2 Å². The van der Waals surface area contributed by atoms with E-state index in [4.69, 9.17) is 23.2 Å². The highest BCUT2D eigenvalue weighted by molar-refractivity contribution is 6.35. The van der Waals surface area contributed by atoms with Gasteiger partial charge in [-0.1, -0.05) is 29.8 Å². The Kier molecular flexibility index (Phi) is 3.80. The fourth-order valence-electron chi connectivity index (χ4n) is 3.63. The number of carbonyl (C=O) groups excluding carboxylic acids is 1. The fraction of sp³-hybridized carbons (Fsp3) is 0.222. The Bertz CT molecular complexity index is 1200. The maximum absolute atomic E-state index is 12.9. The monoisotopic (exact) mass is 400 g/mol. The molecule has 1 N–H and O–H groups in total. The van der Waals surface area contributed by atoms with Crippen molar-refractivity contribution in [1.29, 1.82) is 0 Å². The Morgan fingerprint density at radius 3 is 2.96 bits per heavy atom. The van der Waals surface area contributed by atoms with Crippen molar-refractivity contribution >= 4 is 51.2 Å². The first-order chi connectivity index (χ1) is 13.1. The summed E-state index contributed by atoms with van der Waals surface area (Å²) in [5.74, 6) is -0.00362. The quantitative estimate of drug-likeness (QED) is 0.413. The van der Waals surface area contributed by atoms with Gasteiger partial charge < -0.3 is 14.5 Å². The summed E-state index contributed by atoms with van der Waals surface area (Å²) in [6.45, 7) is 1.38. The van der Waals surface area contributed by atoms with Gasteiger partial charge in [-0.25, -0.2) is 9.97 Å². The van der Waals surface area contributed by atoms with Gasteiger partial charge in [0.25, 0.3) is 0 Å². The van der Waals surface area contributed by atoms with Crippen LogP contribution < -0.4 is 0 Å². The van der Waals surface area contributed by atoms with Gasteiger partial charge in [-0.15, -0.1) is 0 Å². The van der Waals surface area contributed by atoms with Crippen LogP contribution in [0, 0.1) is 0 Å². The normalized spacial score (nSPS) is 14.1. The molecule has 0 fully saturated rings. The number of aromatic amines is 1. The number of amides is 1. The summed E-state index contributed by atoms with van der Waals surface area (Å²) in [5, 5.41) is 1.38. The lowest BCUT2D eigenvalue weighted by Crippen LogP contribution is -2.37. The third-order valence-electron chi connectivity index (χ3n) is 4.94. The molecule has 4 aromatic rings. The fourth-order valence-corrected chi connectivity index (χ4v) is 4.05. The van der Waals surface area contributed by atoms with Gasteiger partial charge in [0.2, 0.25) is 11.2 Å². The number of halogens is 2. The SMILES string of the molecule is O=C(Cn1cnc2c(Cl)nc(Cl)nc21)N1CCc2[nH]c3ccccc3c2C1. The minimum absolute atomic E-state index is 0.00362. The lowest BCUT2D eigenvalue weighted by molar-refractivity contribution is -0.132. The Balaban J connectivity index is 1.43. The van der Waals surface area contributed by atoms with Crippen LogP contribution in [0.3, 0.4) is 0 Å². The Labute approximate surface area is 163 Å². The Morgan fingerprint density at radius 1 is 1.22 bits per heavy atom. The second-order valence-electron chi connectivity index (χ2n) is 6.52. The number of rotatable bonds is 2. The van der Waals surface area contributed by atoms with Crippen molar-refractivity contribution < 1.29 is 4.79 Å². The van der Waals surface area contributed by atoms with Gasteiger partial charge in [0.05, 0.1) is 6.33 Å². The molecule has 0 radical (unpaired) electrons. The molecule has 9 heteroatoms. The molecule has 1 aromatic carbocycles. The molecule has 0 aliphatic carbocycles. The van der Waals surface area contributed by atoms with Crippen molar-refractivity contribution in [3.05, 3.63) is 52.3 Å². The molecule has 0 saturated heterocycles. The largest absolute Gasteiger partial charge is 0.358 e. The molecule has 1 amide bonds. The number of carbonyl (C=O) groups is 1. The summed E-state index contributed by atoms with van der Waals surface area (Å²) in [6.07, 6.45) is 2.35. The minimum atomic E-state index is -0.00362. The van der Waals surface area contributed by atoms with Crippen molar-refractivity contribution in [1.82, 2.24) is 29.4 Å². The van der Waals surface area contributed by atoms with E-state index >= 15 is 0 Å². The van der Waals surface area contributed by atoms with Crippen LogP contribution in [0.2, 0.25) is 10.4 Å². The average molecular weight is 401 g/mol. The average Bonchev–Trinajstić information content (AvgIpc) is 3.22. The number of aromatic nitrogens is 5. The maximum Gasteiger partial charge on any atom is 0.242 e. The number of H-pyrrole nitrogens is 1. The second kappa shape index (κ2) is 6.21. The molecule has 1 aliphatic heterocycles. The van der Waals surface area contributed by atoms with E-state index in [1.807, 2.05) is 17.0 Å². The lowest BCUT2D eigenvalue weighted by atomic mass is 10.0. The van der Waals surface area contributed by atoms with E-state index in [-0.39, 0.29) is 22.9 Å². The molecule has 1 aliphatic rings. The molecule has 0 atom stereocenters. The van der Waals surface area contributed by atoms with E-state index in [1.165, 1.54) is 16.6 Å². The van der Waals surface area contributed by atoms with Gasteiger partial charge in [0.15, 0.2) is 10.8 Å². The number of nitrogens with one attached hydrogen (secondary N) is 1. The standard InChI is InChI=1S/C18H14Cl2N6O/c19-16-15-17(24-18(20)23-16)26(9-21-15)8-14(27)25-6-5-13-11(7-25)10-3-1-2-4-12(10)22-13/h1-4,9,22H,5-8H2. The molecule has 7 nitrogen and oxygen atoms in total. The number of nitrogens with zero attached hydrogens (tertiary/aromatic N) is 5. The first-order valence-electron chi connectivity index (χ1n) is 8.50. The first-order valence-corrected chi connectivity index (χ1v) is 9.26. The number of hydrogen-bond acceptors (Lipinski definition) is 4. The zero-order chi connectivity index (χ0) is 18.5. The zero-order valence-corrected chi connectivity index (χ0v) is 15.6. The molecule has 5 rings (SSSR count). The summed E-state index contributed by atoms with van der Waals surface area (Å²) in [6, 6.07) is 8.17. The number of hydrogen-bond donors (Lipinski definition) is 1. The van der Waals surface area contributed by atoms with E-state index in [0.717, 1.165) is 11.9 Å². The highest BCUT2D eigenvalue weighted by Gasteiger charge is 2.24. The predicted octanol–water partition coefficient (Wildman–Crippen LogP) is 3.20. The van der Waals surface area contributed by atoms with Crippen molar-refractivity contribution in [3.63, 3.8) is 0 Å². The molecular formula is C18H14Cl2N6O. The van der Waals surface area contributed by atoms with Crippen LogP contribution in [0.4, 0.5) is 0 Å².